The molecule has 0 spiro atoms. The number of amides is 2. The fraction of sp³-hybridized carbons (Fsp3) is 0.867. The normalized spacial score (nSPS) is 19.9. The summed E-state index contributed by atoms with van der Waals surface area (Å²) in [6.07, 6.45) is 1.22. The molecule has 24 heavy (non-hydrogen) atoms. The van der Waals surface area contributed by atoms with Crippen LogP contribution in [0.1, 0.15) is 19.8 Å². The van der Waals surface area contributed by atoms with Gasteiger partial charge in [-0.15, -0.1) is 24.8 Å². The molecule has 0 saturated carbocycles. The van der Waals surface area contributed by atoms with Crippen molar-refractivity contribution in [3.05, 3.63) is 0 Å². The van der Waals surface area contributed by atoms with Crippen molar-refractivity contribution in [2.24, 2.45) is 5.73 Å². The monoisotopic (exact) mass is 384 g/mol. The molecule has 142 valence electrons. The number of nitrogens with zero attached hydrogens (tertiary/aromatic N) is 3. The highest BCUT2D eigenvalue weighted by Gasteiger charge is 2.25. The summed E-state index contributed by atoms with van der Waals surface area (Å²) in [6, 6.07) is 0.0559. The van der Waals surface area contributed by atoms with Gasteiger partial charge in [0, 0.05) is 51.7 Å². The van der Waals surface area contributed by atoms with Crippen LogP contribution in [0.15, 0.2) is 0 Å². The molecule has 1 atom stereocenters. The minimum Gasteiger partial charge on any atom is -0.379 e. The van der Waals surface area contributed by atoms with Crippen molar-refractivity contribution < 1.29 is 14.3 Å². The van der Waals surface area contributed by atoms with E-state index in [1.807, 2.05) is 16.7 Å². The van der Waals surface area contributed by atoms with Crippen LogP contribution in [-0.4, -0.2) is 91.6 Å². The Morgan fingerprint density at radius 3 is 1.96 bits per heavy atom. The highest BCUT2D eigenvalue weighted by atomic mass is 35.5. The van der Waals surface area contributed by atoms with Gasteiger partial charge in [-0.2, -0.15) is 0 Å². The first-order valence-corrected chi connectivity index (χ1v) is 8.17. The van der Waals surface area contributed by atoms with E-state index in [4.69, 9.17) is 10.5 Å². The Hall–Kier alpha value is -0.600. The molecule has 2 aliphatic rings. The van der Waals surface area contributed by atoms with Crippen molar-refractivity contribution in [2.75, 3.05) is 59.0 Å². The summed E-state index contributed by atoms with van der Waals surface area (Å²) in [6.45, 7) is 7.95. The maximum Gasteiger partial charge on any atom is 0.236 e. The molecule has 0 aromatic carbocycles. The quantitative estimate of drug-likeness (QED) is 0.719. The maximum atomic E-state index is 12.3. The van der Waals surface area contributed by atoms with Crippen molar-refractivity contribution >= 4 is 36.6 Å². The van der Waals surface area contributed by atoms with Crippen LogP contribution in [0.25, 0.3) is 0 Å². The maximum absolute atomic E-state index is 12.3. The van der Waals surface area contributed by atoms with E-state index in [2.05, 4.69) is 4.90 Å². The van der Waals surface area contributed by atoms with Gasteiger partial charge in [-0.25, -0.2) is 0 Å². The van der Waals surface area contributed by atoms with Gasteiger partial charge < -0.3 is 20.3 Å². The van der Waals surface area contributed by atoms with E-state index in [1.165, 1.54) is 0 Å². The summed E-state index contributed by atoms with van der Waals surface area (Å²) in [5.74, 6) is 0.308. The zero-order valence-electron chi connectivity index (χ0n) is 14.3. The van der Waals surface area contributed by atoms with Crippen LogP contribution in [0, 0.1) is 0 Å². The molecule has 0 aromatic heterocycles. The van der Waals surface area contributed by atoms with E-state index >= 15 is 0 Å². The third kappa shape index (κ3) is 7.53. The molecule has 9 heteroatoms. The van der Waals surface area contributed by atoms with Crippen LogP contribution < -0.4 is 5.73 Å². The molecule has 2 N–H and O–H groups in total. The smallest absolute Gasteiger partial charge is 0.236 e. The highest BCUT2D eigenvalue weighted by Crippen LogP contribution is 2.07. The largest absolute Gasteiger partial charge is 0.379 e. The second-order valence-corrected chi connectivity index (χ2v) is 6.17. The van der Waals surface area contributed by atoms with Gasteiger partial charge in [0.1, 0.15) is 0 Å². The Labute approximate surface area is 156 Å². The Kier molecular flexibility index (Phi) is 11.6. The SMILES string of the molecule is CC(N)CCC(=O)N1CCN(C(=O)CN2CCOCC2)CC1.Cl.Cl. The number of halogens is 2. The van der Waals surface area contributed by atoms with Crippen molar-refractivity contribution in [1.82, 2.24) is 14.7 Å². The Morgan fingerprint density at radius 1 is 0.958 bits per heavy atom. The molecule has 2 fully saturated rings. The van der Waals surface area contributed by atoms with E-state index in [0.29, 0.717) is 52.4 Å². The Balaban J connectivity index is 0.00000264. The molecule has 2 aliphatic heterocycles. The minimum atomic E-state index is 0. The van der Waals surface area contributed by atoms with E-state index in [-0.39, 0.29) is 42.7 Å². The number of hydrogen-bond donors (Lipinski definition) is 1. The van der Waals surface area contributed by atoms with Gasteiger partial charge in [0.2, 0.25) is 11.8 Å². The Morgan fingerprint density at radius 2 is 1.46 bits per heavy atom. The molecule has 2 saturated heterocycles. The van der Waals surface area contributed by atoms with Crippen LogP contribution in [0.4, 0.5) is 0 Å². The van der Waals surface area contributed by atoms with Crippen LogP contribution >= 0.6 is 24.8 Å². The highest BCUT2D eigenvalue weighted by molar-refractivity contribution is 5.85. The summed E-state index contributed by atoms with van der Waals surface area (Å²) >= 11 is 0. The fourth-order valence-electron chi connectivity index (χ4n) is 2.77. The van der Waals surface area contributed by atoms with E-state index in [9.17, 15) is 9.59 Å². The number of hydrogen-bond acceptors (Lipinski definition) is 5. The topological polar surface area (TPSA) is 79.1 Å². The molecule has 7 nitrogen and oxygen atoms in total. The summed E-state index contributed by atoms with van der Waals surface area (Å²) in [4.78, 5) is 30.2. The van der Waals surface area contributed by atoms with Crippen molar-refractivity contribution in [3.63, 3.8) is 0 Å². The van der Waals surface area contributed by atoms with Gasteiger partial charge in [0.05, 0.1) is 19.8 Å². The predicted molar refractivity (Wildman–Crippen MR) is 97.8 cm³/mol. The van der Waals surface area contributed by atoms with Crippen LogP contribution in [0.5, 0.6) is 0 Å². The first kappa shape index (κ1) is 23.4. The average molecular weight is 385 g/mol. The zero-order chi connectivity index (χ0) is 15.9. The molecule has 0 aromatic rings. The fourth-order valence-corrected chi connectivity index (χ4v) is 2.77. The number of piperazine rings is 1. The number of ether oxygens (including phenoxy) is 1. The number of carbonyl (C=O) groups excluding carboxylic acids is 2. The van der Waals surface area contributed by atoms with Gasteiger partial charge in [-0.05, 0) is 13.3 Å². The number of nitrogens with two attached hydrogens (primary N) is 1. The molecule has 2 amide bonds. The third-order valence-electron chi connectivity index (χ3n) is 4.26. The second-order valence-electron chi connectivity index (χ2n) is 6.17. The van der Waals surface area contributed by atoms with E-state index in [1.54, 1.807) is 0 Å². The van der Waals surface area contributed by atoms with Crippen LogP contribution in [0.2, 0.25) is 0 Å². The first-order valence-electron chi connectivity index (χ1n) is 8.17. The molecular weight excluding hydrogens is 355 g/mol. The lowest BCUT2D eigenvalue weighted by atomic mass is 10.1. The van der Waals surface area contributed by atoms with Gasteiger partial charge in [-0.1, -0.05) is 0 Å². The molecule has 2 heterocycles. The van der Waals surface area contributed by atoms with Gasteiger partial charge >= 0.3 is 0 Å². The Bertz CT molecular complexity index is 385. The second kappa shape index (κ2) is 11.9. The summed E-state index contributed by atoms with van der Waals surface area (Å²) in [5, 5.41) is 0. The lowest BCUT2D eigenvalue weighted by molar-refractivity contribution is -0.140. The molecule has 0 bridgehead atoms. The van der Waals surface area contributed by atoms with Crippen molar-refractivity contribution in [1.29, 1.82) is 0 Å². The molecular formula is C15H30Cl2N4O3. The van der Waals surface area contributed by atoms with Crippen molar-refractivity contribution in [2.45, 2.75) is 25.8 Å². The third-order valence-corrected chi connectivity index (χ3v) is 4.26. The summed E-state index contributed by atoms with van der Waals surface area (Å²) in [7, 11) is 0. The average Bonchev–Trinajstić information content (AvgIpc) is 2.53. The first-order chi connectivity index (χ1) is 10.6. The summed E-state index contributed by atoms with van der Waals surface area (Å²) in [5.41, 5.74) is 5.68. The predicted octanol–water partition coefficient (Wildman–Crippen LogP) is -0.0396. The van der Waals surface area contributed by atoms with E-state index < -0.39 is 0 Å². The lowest BCUT2D eigenvalue weighted by Crippen LogP contribution is -2.53. The number of carbonyl (C=O) groups is 2. The number of rotatable bonds is 5. The number of morpholine rings is 1. The molecule has 0 aliphatic carbocycles. The van der Waals surface area contributed by atoms with Crippen LogP contribution in [0.3, 0.4) is 0 Å². The van der Waals surface area contributed by atoms with E-state index in [0.717, 1.165) is 19.5 Å². The molecule has 0 radical (unpaired) electrons. The standard InChI is InChI=1S/C15H28N4O3.2ClH/c1-13(16)2-3-14(20)18-4-6-19(7-5-18)15(21)12-17-8-10-22-11-9-17;;/h13H,2-12,16H2,1H3;2*1H. The van der Waals surface area contributed by atoms with Crippen LogP contribution in [-0.2, 0) is 14.3 Å². The molecule has 1 unspecified atom stereocenters. The zero-order valence-corrected chi connectivity index (χ0v) is 15.9. The minimum absolute atomic E-state index is 0. The molecule has 2 rings (SSSR count). The summed E-state index contributed by atoms with van der Waals surface area (Å²) < 4.78 is 5.29. The van der Waals surface area contributed by atoms with Crippen molar-refractivity contribution in [3.8, 4) is 0 Å². The van der Waals surface area contributed by atoms with Gasteiger partial charge in [-0.3, -0.25) is 14.5 Å². The lowest BCUT2D eigenvalue weighted by Gasteiger charge is -2.36. The van der Waals surface area contributed by atoms with Gasteiger partial charge in [0.15, 0.2) is 0 Å². The van der Waals surface area contributed by atoms with Gasteiger partial charge in [0.25, 0.3) is 0 Å².